The van der Waals surface area contributed by atoms with Crippen molar-refractivity contribution in [2.75, 3.05) is 0 Å². The van der Waals surface area contributed by atoms with Crippen LogP contribution in [0.15, 0.2) is 72.9 Å². The highest BCUT2D eigenvalue weighted by Crippen LogP contribution is 2.03. The molecule has 0 spiro atoms. The first-order valence-electron chi connectivity index (χ1n) is 9.21. The summed E-state index contributed by atoms with van der Waals surface area (Å²) in [6.45, 7) is 2.07. The zero-order valence-electron chi connectivity index (χ0n) is 15.9. The Morgan fingerprint density at radius 1 is 0.852 bits per heavy atom. The van der Waals surface area contributed by atoms with Crippen molar-refractivity contribution in [2.24, 2.45) is 0 Å². The summed E-state index contributed by atoms with van der Waals surface area (Å²) < 4.78 is 0. The Morgan fingerprint density at radius 2 is 1.44 bits per heavy atom. The highest BCUT2D eigenvalue weighted by molar-refractivity contribution is 5.66. The second kappa shape index (κ2) is 17.2. The molecule has 5 nitrogen and oxygen atoms in total. The van der Waals surface area contributed by atoms with Gasteiger partial charge in [0, 0.05) is 6.42 Å². The summed E-state index contributed by atoms with van der Waals surface area (Å²) in [5.41, 5.74) is 0. The molecule has 0 aromatic rings. The fourth-order valence-corrected chi connectivity index (χ4v) is 1.94. The van der Waals surface area contributed by atoms with Gasteiger partial charge < -0.3 is 20.4 Å². The monoisotopic (exact) mass is 376 g/mol. The van der Waals surface area contributed by atoms with Gasteiger partial charge in [0.2, 0.25) is 0 Å². The molecule has 150 valence electrons. The maximum Gasteiger partial charge on any atom is 0.303 e. The van der Waals surface area contributed by atoms with Crippen LogP contribution in [-0.2, 0) is 4.79 Å². The van der Waals surface area contributed by atoms with Crippen LogP contribution in [0.4, 0.5) is 0 Å². The molecule has 0 rings (SSSR count). The first-order chi connectivity index (χ1) is 13.0. The van der Waals surface area contributed by atoms with Gasteiger partial charge in [-0.25, -0.2) is 0 Å². The highest BCUT2D eigenvalue weighted by atomic mass is 16.4. The van der Waals surface area contributed by atoms with Crippen LogP contribution in [0.2, 0.25) is 0 Å². The van der Waals surface area contributed by atoms with Crippen molar-refractivity contribution in [3.8, 4) is 0 Å². The average molecular weight is 376 g/mol. The van der Waals surface area contributed by atoms with Crippen molar-refractivity contribution in [3.05, 3.63) is 72.9 Å². The van der Waals surface area contributed by atoms with Gasteiger partial charge in [0.15, 0.2) is 0 Å². The van der Waals surface area contributed by atoms with Crippen molar-refractivity contribution in [2.45, 2.75) is 57.3 Å². The summed E-state index contributed by atoms with van der Waals surface area (Å²) in [7, 11) is 0. The van der Waals surface area contributed by atoms with E-state index in [1.165, 1.54) is 12.2 Å². The van der Waals surface area contributed by atoms with Crippen molar-refractivity contribution in [3.63, 3.8) is 0 Å². The largest absolute Gasteiger partial charge is 0.481 e. The third kappa shape index (κ3) is 17.0. The number of aliphatic hydroxyl groups is 3. The minimum atomic E-state index is -0.932. The van der Waals surface area contributed by atoms with Crippen LogP contribution >= 0.6 is 0 Å². The summed E-state index contributed by atoms with van der Waals surface area (Å²) in [6, 6.07) is 0. The third-order valence-electron chi connectivity index (χ3n) is 3.46. The molecule has 0 fully saturated rings. The standard InChI is InChI=1S/C22H32O5/c1-2-3-4-5-9-12-15-20(24)21(25)16-13-10-7-6-8-11-14-19(23)17-18-22(26)27/h3-4,6-14,16,19-21,23-25H,2,5,15,17-18H2,1H3,(H,26,27)/b4-3-,8-6-,10-7+,12-9-,14-11+,16-13+/t19-,20-,21-/m1/s1. The lowest BCUT2D eigenvalue weighted by molar-refractivity contribution is -0.137. The number of rotatable bonds is 14. The quantitative estimate of drug-likeness (QED) is 0.275. The minimum Gasteiger partial charge on any atom is -0.481 e. The van der Waals surface area contributed by atoms with Gasteiger partial charge in [-0.2, -0.15) is 0 Å². The second-order valence-electron chi connectivity index (χ2n) is 5.92. The van der Waals surface area contributed by atoms with E-state index in [4.69, 9.17) is 5.11 Å². The minimum absolute atomic E-state index is 0.0696. The molecular weight excluding hydrogens is 344 g/mol. The molecule has 0 radical (unpaired) electrons. The van der Waals surface area contributed by atoms with E-state index < -0.39 is 24.3 Å². The highest BCUT2D eigenvalue weighted by Gasteiger charge is 2.10. The molecule has 0 unspecified atom stereocenters. The molecule has 3 atom stereocenters. The molecule has 0 aliphatic carbocycles. The van der Waals surface area contributed by atoms with Crippen LogP contribution in [0.3, 0.4) is 0 Å². The first kappa shape index (κ1) is 24.8. The number of carbonyl (C=O) groups is 1. The number of carboxylic acid groups (broad SMARTS) is 1. The molecule has 27 heavy (non-hydrogen) atoms. The Balaban J connectivity index is 4.06. The van der Waals surface area contributed by atoms with Gasteiger partial charge in [0.25, 0.3) is 0 Å². The van der Waals surface area contributed by atoms with Crippen LogP contribution in [0, 0.1) is 0 Å². The molecule has 0 amide bonds. The predicted molar refractivity (Wildman–Crippen MR) is 109 cm³/mol. The Bertz CT molecular complexity index is 555. The maximum absolute atomic E-state index is 10.4. The normalized spacial score (nSPS) is 16.6. The van der Waals surface area contributed by atoms with E-state index in [9.17, 15) is 20.1 Å². The topological polar surface area (TPSA) is 98.0 Å². The smallest absolute Gasteiger partial charge is 0.303 e. The molecule has 0 saturated heterocycles. The van der Waals surface area contributed by atoms with Gasteiger partial charge in [-0.1, -0.05) is 79.8 Å². The predicted octanol–water partition coefficient (Wildman–Crippen LogP) is 3.46. The molecule has 5 heteroatoms. The molecular formula is C22H32O5. The van der Waals surface area contributed by atoms with Crippen molar-refractivity contribution >= 4 is 5.97 Å². The van der Waals surface area contributed by atoms with E-state index in [1.54, 1.807) is 36.5 Å². The average Bonchev–Trinajstić information content (AvgIpc) is 2.64. The number of hydrogen-bond acceptors (Lipinski definition) is 4. The molecule has 0 aromatic carbocycles. The number of allylic oxidation sites excluding steroid dienone is 9. The second-order valence-corrected chi connectivity index (χ2v) is 5.92. The number of hydrogen-bond donors (Lipinski definition) is 4. The van der Waals surface area contributed by atoms with Gasteiger partial charge in [0.1, 0.15) is 0 Å². The van der Waals surface area contributed by atoms with E-state index in [0.29, 0.717) is 6.42 Å². The van der Waals surface area contributed by atoms with Crippen LogP contribution in [-0.4, -0.2) is 44.7 Å². The van der Waals surface area contributed by atoms with E-state index in [2.05, 4.69) is 19.1 Å². The van der Waals surface area contributed by atoms with Crippen molar-refractivity contribution in [1.29, 1.82) is 0 Å². The van der Waals surface area contributed by atoms with Gasteiger partial charge >= 0.3 is 5.97 Å². The Kier molecular flexibility index (Phi) is 15.8. The lowest BCUT2D eigenvalue weighted by atomic mass is 10.1. The van der Waals surface area contributed by atoms with E-state index in [0.717, 1.165) is 12.8 Å². The molecule has 4 N–H and O–H groups in total. The Hall–Kier alpha value is -2.21. The van der Waals surface area contributed by atoms with Crippen LogP contribution in [0.5, 0.6) is 0 Å². The maximum atomic E-state index is 10.4. The van der Waals surface area contributed by atoms with E-state index >= 15 is 0 Å². The van der Waals surface area contributed by atoms with E-state index in [1.807, 2.05) is 12.2 Å². The summed E-state index contributed by atoms with van der Waals surface area (Å²) in [6.07, 6.45) is 21.0. The number of aliphatic hydroxyl groups excluding tert-OH is 3. The Morgan fingerprint density at radius 3 is 2.07 bits per heavy atom. The van der Waals surface area contributed by atoms with E-state index in [-0.39, 0.29) is 12.8 Å². The molecule has 0 bridgehead atoms. The van der Waals surface area contributed by atoms with Gasteiger partial charge in [-0.3, -0.25) is 4.79 Å². The van der Waals surface area contributed by atoms with Gasteiger partial charge in [-0.05, 0) is 25.7 Å². The van der Waals surface area contributed by atoms with Crippen molar-refractivity contribution in [1.82, 2.24) is 0 Å². The zero-order valence-corrected chi connectivity index (χ0v) is 15.9. The van der Waals surface area contributed by atoms with Gasteiger partial charge in [0.05, 0.1) is 18.3 Å². The third-order valence-corrected chi connectivity index (χ3v) is 3.46. The van der Waals surface area contributed by atoms with Crippen molar-refractivity contribution < 1.29 is 25.2 Å². The lowest BCUT2D eigenvalue weighted by Gasteiger charge is -2.11. The lowest BCUT2D eigenvalue weighted by Crippen LogP contribution is -2.22. The summed E-state index contributed by atoms with van der Waals surface area (Å²) in [4.78, 5) is 10.4. The fourth-order valence-electron chi connectivity index (χ4n) is 1.94. The summed E-state index contributed by atoms with van der Waals surface area (Å²) in [5, 5.41) is 37.7. The summed E-state index contributed by atoms with van der Waals surface area (Å²) >= 11 is 0. The number of aliphatic carboxylic acids is 1. The fraction of sp³-hybridized carbons (Fsp3) is 0.409. The van der Waals surface area contributed by atoms with Crippen LogP contribution in [0.1, 0.15) is 39.0 Å². The first-order valence-corrected chi connectivity index (χ1v) is 9.21. The Labute approximate surface area is 162 Å². The molecule has 0 saturated carbocycles. The molecule has 0 aromatic heterocycles. The van der Waals surface area contributed by atoms with Crippen LogP contribution in [0.25, 0.3) is 0 Å². The number of carboxylic acids is 1. The molecule has 0 heterocycles. The zero-order chi connectivity index (χ0) is 20.3. The molecule has 0 aliphatic heterocycles. The van der Waals surface area contributed by atoms with Crippen LogP contribution < -0.4 is 0 Å². The SMILES string of the molecule is CC/C=C\C/C=C\C[C@@H](O)[C@H](O)/C=C/C=C/C=C\C=C\[C@@H](O)CCC(=O)O. The molecule has 0 aliphatic rings. The summed E-state index contributed by atoms with van der Waals surface area (Å²) in [5.74, 6) is -0.930. The van der Waals surface area contributed by atoms with Gasteiger partial charge in [-0.15, -0.1) is 0 Å².